The molecular formula is C22H24N2. The number of fused-ring (bicyclic) bond motifs is 1. The summed E-state index contributed by atoms with van der Waals surface area (Å²) in [6, 6.07) is 20.2. The van der Waals surface area contributed by atoms with Gasteiger partial charge in [-0.2, -0.15) is 0 Å². The molecule has 0 spiro atoms. The van der Waals surface area contributed by atoms with Crippen molar-refractivity contribution in [2.75, 3.05) is 6.54 Å². The summed E-state index contributed by atoms with van der Waals surface area (Å²) in [5, 5.41) is 5.03. The average molecular weight is 316 g/mol. The first-order chi connectivity index (χ1) is 11.9. The van der Waals surface area contributed by atoms with Crippen LogP contribution < -0.4 is 5.32 Å². The van der Waals surface area contributed by atoms with Crippen LogP contribution in [0.15, 0.2) is 66.9 Å². The maximum Gasteiger partial charge on any atom is 0.0456 e. The molecule has 1 aromatic heterocycles. The predicted molar refractivity (Wildman–Crippen MR) is 102 cm³/mol. The lowest BCUT2D eigenvalue weighted by Gasteiger charge is -2.24. The van der Waals surface area contributed by atoms with Crippen molar-refractivity contribution in [2.24, 2.45) is 0 Å². The van der Waals surface area contributed by atoms with Gasteiger partial charge in [0.25, 0.3) is 0 Å². The zero-order chi connectivity index (χ0) is 16.2. The molecule has 1 unspecified atom stereocenters. The molecule has 2 nitrogen and oxygen atoms in total. The molecule has 24 heavy (non-hydrogen) atoms. The fraction of sp³-hybridized carbons (Fsp3) is 0.273. The van der Waals surface area contributed by atoms with Gasteiger partial charge in [-0.1, -0.05) is 48.5 Å². The van der Waals surface area contributed by atoms with Gasteiger partial charge in [0.2, 0.25) is 0 Å². The van der Waals surface area contributed by atoms with Gasteiger partial charge in [-0.05, 0) is 54.5 Å². The number of H-pyrrole nitrogens is 1. The van der Waals surface area contributed by atoms with E-state index >= 15 is 0 Å². The van der Waals surface area contributed by atoms with Gasteiger partial charge < -0.3 is 10.3 Å². The Bertz CT molecular complexity index is 829. The van der Waals surface area contributed by atoms with Crippen LogP contribution in [0.5, 0.6) is 0 Å². The smallest absolute Gasteiger partial charge is 0.0456 e. The van der Waals surface area contributed by atoms with Crippen molar-refractivity contribution in [3.63, 3.8) is 0 Å². The maximum atomic E-state index is 3.65. The predicted octanol–water partition coefficient (Wildman–Crippen LogP) is 4.94. The van der Waals surface area contributed by atoms with E-state index < -0.39 is 0 Å². The van der Waals surface area contributed by atoms with Gasteiger partial charge >= 0.3 is 0 Å². The molecule has 2 aromatic carbocycles. The minimum atomic E-state index is 0.593. The average Bonchev–Trinajstić information content (AvgIpc) is 3.12. The number of rotatable bonds is 5. The van der Waals surface area contributed by atoms with Crippen LogP contribution in [0.1, 0.15) is 30.4 Å². The molecule has 1 aliphatic heterocycles. The molecule has 0 amide bonds. The third-order valence-corrected chi connectivity index (χ3v) is 5.05. The molecule has 2 N–H and O–H groups in total. The zero-order valence-electron chi connectivity index (χ0n) is 14.0. The lowest BCUT2D eigenvalue weighted by molar-refractivity contribution is 0.486. The Labute approximate surface area is 143 Å². The molecule has 0 radical (unpaired) electrons. The molecule has 122 valence electrons. The second-order valence-corrected chi connectivity index (χ2v) is 6.65. The van der Waals surface area contributed by atoms with E-state index in [2.05, 4.69) is 71.0 Å². The second kappa shape index (κ2) is 7.06. The van der Waals surface area contributed by atoms with E-state index in [0.29, 0.717) is 6.04 Å². The lowest BCUT2D eigenvalue weighted by atomic mass is 9.92. The van der Waals surface area contributed by atoms with Crippen LogP contribution in [-0.4, -0.2) is 17.6 Å². The Balaban J connectivity index is 1.35. The molecule has 0 fully saturated rings. The summed E-state index contributed by atoms with van der Waals surface area (Å²) < 4.78 is 0. The normalized spacial score (nSPS) is 17.8. The Morgan fingerprint density at radius 3 is 2.79 bits per heavy atom. The van der Waals surface area contributed by atoms with E-state index in [1.165, 1.54) is 40.4 Å². The van der Waals surface area contributed by atoms with Crippen LogP contribution in [0.3, 0.4) is 0 Å². The van der Waals surface area contributed by atoms with E-state index in [1.54, 1.807) is 0 Å². The quantitative estimate of drug-likeness (QED) is 0.686. The topological polar surface area (TPSA) is 27.8 Å². The fourth-order valence-electron chi connectivity index (χ4n) is 3.77. The summed E-state index contributed by atoms with van der Waals surface area (Å²) >= 11 is 0. The lowest BCUT2D eigenvalue weighted by Crippen LogP contribution is -2.32. The van der Waals surface area contributed by atoms with Crippen molar-refractivity contribution in [3.05, 3.63) is 78.0 Å². The molecular weight excluding hydrogens is 292 g/mol. The van der Waals surface area contributed by atoms with Gasteiger partial charge in [-0.15, -0.1) is 0 Å². The first kappa shape index (κ1) is 15.2. The molecule has 0 bridgehead atoms. The highest BCUT2D eigenvalue weighted by Gasteiger charge is 2.15. The van der Waals surface area contributed by atoms with Crippen molar-refractivity contribution in [3.8, 4) is 0 Å². The van der Waals surface area contributed by atoms with E-state index in [0.717, 1.165) is 19.4 Å². The standard InChI is InChI=1S/C22H24N2/c1-2-6-17(7-3-1)19-12-14-23-20(16-19)10-4-8-18-9-5-11-22-21(18)13-15-24-22/h1-3,5-7,9,11-13,15,20,23-24H,4,8,10,14,16H2. The molecule has 2 heterocycles. The molecule has 0 aliphatic carbocycles. The van der Waals surface area contributed by atoms with Crippen LogP contribution in [0.4, 0.5) is 0 Å². The molecule has 4 rings (SSSR count). The highest BCUT2D eigenvalue weighted by Crippen LogP contribution is 2.25. The van der Waals surface area contributed by atoms with Gasteiger partial charge in [-0.25, -0.2) is 0 Å². The Kier molecular flexibility index (Phi) is 4.48. The summed E-state index contributed by atoms with van der Waals surface area (Å²) in [6.07, 6.45) is 9.12. The first-order valence-corrected chi connectivity index (χ1v) is 8.93. The van der Waals surface area contributed by atoms with Crippen LogP contribution >= 0.6 is 0 Å². The van der Waals surface area contributed by atoms with Gasteiger partial charge in [0, 0.05) is 29.7 Å². The van der Waals surface area contributed by atoms with Crippen LogP contribution in [0, 0.1) is 0 Å². The summed E-state index contributed by atoms with van der Waals surface area (Å²) in [6.45, 7) is 0.988. The number of nitrogens with one attached hydrogen (secondary N) is 2. The van der Waals surface area contributed by atoms with Gasteiger partial charge in [0.05, 0.1) is 0 Å². The van der Waals surface area contributed by atoms with E-state index in [9.17, 15) is 0 Å². The van der Waals surface area contributed by atoms with E-state index in [1.807, 2.05) is 6.20 Å². The zero-order valence-corrected chi connectivity index (χ0v) is 14.0. The molecule has 0 saturated heterocycles. The van der Waals surface area contributed by atoms with Gasteiger partial charge in [0.15, 0.2) is 0 Å². The number of benzene rings is 2. The van der Waals surface area contributed by atoms with Crippen molar-refractivity contribution >= 4 is 16.5 Å². The fourth-order valence-corrected chi connectivity index (χ4v) is 3.77. The van der Waals surface area contributed by atoms with E-state index in [-0.39, 0.29) is 0 Å². The number of aryl methyl sites for hydroxylation is 1. The number of hydrogen-bond acceptors (Lipinski definition) is 1. The molecule has 1 aliphatic rings. The van der Waals surface area contributed by atoms with Crippen molar-refractivity contribution < 1.29 is 0 Å². The Hall–Kier alpha value is -2.32. The summed E-state index contributed by atoms with van der Waals surface area (Å²) in [5.74, 6) is 0. The number of aromatic amines is 1. The maximum absolute atomic E-state index is 3.65. The second-order valence-electron chi connectivity index (χ2n) is 6.65. The molecule has 2 heteroatoms. The molecule has 0 saturated carbocycles. The number of aromatic nitrogens is 1. The summed E-state index contributed by atoms with van der Waals surface area (Å²) in [7, 11) is 0. The van der Waals surface area contributed by atoms with Crippen molar-refractivity contribution in [1.29, 1.82) is 0 Å². The summed E-state index contributed by atoms with van der Waals surface area (Å²) in [4.78, 5) is 3.30. The third kappa shape index (κ3) is 3.29. The first-order valence-electron chi connectivity index (χ1n) is 8.93. The van der Waals surface area contributed by atoms with Gasteiger partial charge in [-0.3, -0.25) is 0 Å². The Morgan fingerprint density at radius 2 is 1.88 bits per heavy atom. The van der Waals surface area contributed by atoms with Crippen LogP contribution in [0.25, 0.3) is 16.5 Å². The molecule has 3 aromatic rings. The highest BCUT2D eigenvalue weighted by molar-refractivity contribution is 5.82. The number of hydrogen-bond donors (Lipinski definition) is 2. The SMILES string of the molecule is C1=C(c2ccccc2)CC(CCCc2cccc3[nH]ccc23)NC1. The van der Waals surface area contributed by atoms with Crippen LogP contribution in [-0.2, 0) is 6.42 Å². The monoisotopic (exact) mass is 316 g/mol. The van der Waals surface area contributed by atoms with Crippen LogP contribution in [0.2, 0.25) is 0 Å². The largest absolute Gasteiger partial charge is 0.361 e. The van der Waals surface area contributed by atoms with E-state index in [4.69, 9.17) is 0 Å². The highest BCUT2D eigenvalue weighted by atomic mass is 14.9. The third-order valence-electron chi connectivity index (χ3n) is 5.05. The minimum Gasteiger partial charge on any atom is -0.361 e. The van der Waals surface area contributed by atoms with Crippen molar-refractivity contribution in [1.82, 2.24) is 10.3 Å². The van der Waals surface area contributed by atoms with Crippen molar-refractivity contribution in [2.45, 2.75) is 31.7 Å². The summed E-state index contributed by atoms with van der Waals surface area (Å²) in [5.41, 5.74) is 5.58. The van der Waals surface area contributed by atoms with Gasteiger partial charge in [0.1, 0.15) is 0 Å². The minimum absolute atomic E-state index is 0.593. The Morgan fingerprint density at radius 1 is 0.958 bits per heavy atom. The molecule has 1 atom stereocenters.